The zero-order valence-corrected chi connectivity index (χ0v) is 18.8. The molecule has 0 atom stereocenters. The lowest BCUT2D eigenvalue weighted by molar-refractivity contribution is -0.118. The van der Waals surface area contributed by atoms with E-state index >= 15 is 0 Å². The Morgan fingerprint density at radius 1 is 1.03 bits per heavy atom. The van der Waals surface area contributed by atoms with E-state index in [4.69, 9.17) is 0 Å². The minimum Gasteiger partial charge on any atom is -0.384 e. The van der Waals surface area contributed by atoms with Crippen molar-refractivity contribution in [2.45, 2.75) is 57.4 Å². The molecule has 0 aliphatic heterocycles. The second-order valence-electron chi connectivity index (χ2n) is 7.18. The molecular formula is C20H33N5O4S. The first-order valence-corrected chi connectivity index (χ1v) is 12.0. The molecule has 2 rings (SSSR count). The Labute approximate surface area is 179 Å². The average molecular weight is 440 g/mol. The number of sulfonamides is 1. The summed E-state index contributed by atoms with van der Waals surface area (Å²) < 4.78 is 27.0. The molecule has 0 unspecified atom stereocenters. The van der Waals surface area contributed by atoms with Crippen molar-refractivity contribution in [1.82, 2.24) is 14.9 Å². The van der Waals surface area contributed by atoms with Crippen LogP contribution >= 0.6 is 0 Å². The molecule has 1 fully saturated rings. The normalized spacial score (nSPS) is 14.5. The summed E-state index contributed by atoms with van der Waals surface area (Å²) in [6, 6.07) is 4.35. The first-order chi connectivity index (χ1) is 14.3. The molecule has 0 bridgehead atoms. The molecule has 168 valence electrons. The third-order valence-electron chi connectivity index (χ3n) is 5.08. The first-order valence-electron chi connectivity index (χ1n) is 10.5. The number of urea groups is 1. The maximum Gasteiger partial charge on any atom is 0.321 e. The first kappa shape index (κ1) is 23.9. The van der Waals surface area contributed by atoms with E-state index in [0.29, 0.717) is 31.0 Å². The Balaban J connectivity index is 2.06. The quantitative estimate of drug-likeness (QED) is 0.444. The summed E-state index contributed by atoms with van der Waals surface area (Å²) in [5.74, 6) is -0.495. The molecule has 0 aromatic heterocycles. The van der Waals surface area contributed by atoms with Crippen LogP contribution in [0.2, 0.25) is 0 Å². The lowest BCUT2D eigenvalue weighted by atomic mass is 10.2. The second kappa shape index (κ2) is 11.2. The van der Waals surface area contributed by atoms with Crippen LogP contribution in [0.25, 0.3) is 0 Å². The molecule has 30 heavy (non-hydrogen) atoms. The molecule has 1 aliphatic carbocycles. The van der Waals surface area contributed by atoms with Gasteiger partial charge in [-0.2, -0.15) is 4.31 Å². The van der Waals surface area contributed by atoms with Crippen LogP contribution in [0.1, 0.15) is 46.5 Å². The summed E-state index contributed by atoms with van der Waals surface area (Å²) in [6.45, 7) is 6.70. The van der Waals surface area contributed by atoms with Crippen LogP contribution < -0.4 is 21.3 Å². The van der Waals surface area contributed by atoms with Gasteiger partial charge in [-0.15, -0.1) is 0 Å². The maximum absolute atomic E-state index is 12.8. The third kappa shape index (κ3) is 6.33. The SMILES string of the molecule is CCNc1ccc(S(=O)(=O)N(CC)CC)cc1NCC(=O)NC(=O)NC1CCCC1. The van der Waals surface area contributed by atoms with Crippen molar-refractivity contribution < 1.29 is 18.0 Å². The van der Waals surface area contributed by atoms with Crippen LogP contribution in [0, 0.1) is 0 Å². The van der Waals surface area contributed by atoms with E-state index < -0.39 is 22.0 Å². The van der Waals surface area contributed by atoms with Gasteiger partial charge in [0.05, 0.1) is 22.8 Å². The highest BCUT2D eigenvalue weighted by Gasteiger charge is 2.23. The number of amides is 3. The maximum atomic E-state index is 12.8. The van der Waals surface area contributed by atoms with Crippen LogP contribution in [0.4, 0.5) is 16.2 Å². The number of carbonyl (C=O) groups excluding carboxylic acids is 2. The van der Waals surface area contributed by atoms with Crippen molar-refractivity contribution in [2.24, 2.45) is 0 Å². The molecule has 9 nitrogen and oxygen atoms in total. The molecule has 0 saturated heterocycles. The van der Waals surface area contributed by atoms with Crippen molar-refractivity contribution in [2.75, 3.05) is 36.8 Å². The van der Waals surface area contributed by atoms with Crippen molar-refractivity contribution in [1.29, 1.82) is 0 Å². The highest BCUT2D eigenvalue weighted by atomic mass is 32.2. The highest BCUT2D eigenvalue weighted by molar-refractivity contribution is 7.89. The summed E-state index contributed by atoms with van der Waals surface area (Å²) in [5.41, 5.74) is 1.16. The zero-order valence-electron chi connectivity index (χ0n) is 18.0. The van der Waals surface area contributed by atoms with E-state index in [1.807, 2.05) is 6.92 Å². The molecule has 4 N–H and O–H groups in total. The fraction of sp³-hybridized carbons (Fsp3) is 0.600. The lowest BCUT2D eigenvalue weighted by Gasteiger charge is -2.20. The van der Waals surface area contributed by atoms with Gasteiger partial charge < -0.3 is 16.0 Å². The van der Waals surface area contributed by atoms with Gasteiger partial charge in [0, 0.05) is 25.7 Å². The smallest absolute Gasteiger partial charge is 0.321 e. The van der Waals surface area contributed by atoms with Gasteiger partial charge in [-0.1, -0.05) is 26.7 Å². The van der Waals surface area contributed by atoms with Gasteiger partial charge in [0.15, 0.2) is 0 Å². The largest absolute Gasteiger partial charge is 0.384 e. The van der Waals surface area contributed by atoms with Crippen molar-refractivity contribution in [3.8, 4) is 0 Å². The molecule has 1 aliphatic rings. The monoisotopic (exact) mass is 439 g/mol. The molecule has 10 heteroatoms. The zero-order chi connectivity index (χ0) is 22.1. The molecule has 1 saturated carbocycles. The molecule has 0 radical (unpaired) electrons. The van der Waals surface area contributed by atoms with Gasteiger partial charge in [0.2, 0.25) is 15.9 Å². The Kier molecular flexibility index (Phi) is 8.91. The fourth-order valence-corrected chi connectivity index (χ4v) is 5.01. The summed E-state index contributed by atoms with van der Waals surface area (Å²) in [5, 5.41) is 11.2. The number of benzene rings is 1. The number of rotatable bonds is 10. The molecule has 1 aromatic rings. The average Bonchev–Trinajstić information content (AvgIpc) is 3.20. The van der Waals surface area contributed by atoms with Gasteiger partial charge >= 0.3 is 6.03 Å². The number of nitrogens with zero attached hydrogens (tertiary/aromatic N) is 1. The van der Waals surface area contributed by atoms with Gasteiger partial charge in [0.1, 0.15) is 0 Å². The van der Waals surface area contributed by atoms with Crippen LogP contribution in [0.3, 0.4) is 0 Å². The minimum atomic E-state index is -3.63. The number of imide groups is 1. The number of hydrogen-bond donors (Lipinski definition) is 4. The number of nitrogens with one attached hydrogen (secondary N) is 4. The van der Waals surface area contributed by atoms with Gasteiger partial charge in [0.25, 0.3) is 0 Å². The number of anilines is 2. The lowest BCUT2D eigenvalue weighted by Crippen LogP contribution is -2.45. The summed E-state index contributed by atoms with van der Waals surface area (Å²) in [6.07, 6.45) is 4.03. The highest BCUT2D eigenvalue weighted by Crippen LogP contribution is 2.27. The van der Waals surface area contributed by atoms with Crippen LogP contribution in [-0.2, 0) is 14.8 Å². The number of carbonyl (C=O) groups is 2. The van der Waals surface area contributed by atoms with Crippen molar-refractivity contribution in [3.05, 3.63) is 18.2 Å². The Bertz CT molecular complexity index is 834. The summed E-state index contributed by atoms with van der Waals surface area (Å²) >= 11 is 0. The molecule has 0 spiro atoms. The second-order valence-corrected chi connectivity index (χ2v) is 9.12. The van der Waals surface area contributed by atoms with Crippen LogP contribution in [0.15, 0.2) is 23.1 Å². The van der Waals surface area contributed by atoms with E-state index in [-0.39, 0.29) is 17.5 Å². The van der Waals surface area contributed by atoms with Gasteiger partial charge in [-0.3, -0.25) is 10.1 Å². The Morgan fingerprint density at radius 2 is 1.70 bits per heavy atom. The Morgan fingerprint density at radius 3 is 2.30 bits per heavy atom. The van der Waals surface area contributed by atoms with Gasteiger partial charge in [-0.05, 0) is 38.0 Å². The number of hydrogen-bond acceptors (Lipinski definition) is 6. The van der Waals surface area contributed by atoms with Crippen molar-refractivity contribution in [3.63, 3.8) is 0 Å². The molecule has 1 aromatic carbocycles. The standard InChI is InChI=1S/C20H33N5O4S/c1-4-21-17-12-11-16(30(28,29)25(5-2)6-3)13-18(17)22-14-19(26)24-20(27)23-15-9-7-8-10-15/h11-13,15,21-22H,4-10,14H2,1-3H3,(H2,23,24,26,27). The van der Waals surface area contributed by atoms with E-state index in [2.05, 4.69) is 21.3 Å². The molecular weight excluding hydrogens is 406 g/mol. The van der Waals surface area contributed by atoms with Crippen LogP contribution in [-0.4, -0.2) is 56.9 Å². The Hall–Kier alpha value is -2.33. The predicted octanol–water partition coefficient (Wildman–Crippen LogP) is 2.33. The topological polar surface area (TPSA) is 120 Å². The molecule has 3 amide bonds. The van der Waals surface area contributed by atoms with Crippen LogP contribution in [0.5, 0.6) is 0 Å². The fourth-order valence-electron chi connectivity index (χ4n) is 3.53. The van der Waals surface area contributed by atoms with E-state index in [0.717, 1.165) is 25.7 Å². The predicted molar refractivity (Wildman–Crippen MR) is 118 cm³/mol. The van der Waals surface area contributed by atoms with E-state index in [9.17, 15) is 18.0 Å². The third-order valence-corrected chi connectivity index (χ3v) is 7.13. The molecule has 0 heterocycles. The van der Waals surface area contributed by atoms with Crippen molar-refractivity contribution >= 4 is 33.3 Å². The van der Waals surface area contributed by atoms with Gasteiger partial charge in [-0.25, -0.2) is 13.2 Å². The summed E-state index contributed by atoms with van der Waals surface area (Å²) in [4.78, 5) is 24.3. The summed E-state index contributed by atoms with van der Waals surface area (Å²) in [7, 11) is -3.63. The van der Waals surface area contributed by atoms with E-state index in [1.165, 1.54) is 10.4 Å². The minimum absolute atomic E-state index is 0.119. The van der Waals surface area contributed by atoms with E-state index in [1.54, 1.807) is 26.0 Å².